The lowest BCUT2D eigenvalue weighted by atomic mass is 10.1. The topological polar surface area (TPSA) is 84.4 Å². The van der Waals surface area contributed by atoms with E-state index >= 15 is 0 Å². The summed E-state index contributed by atoms with van der Waals surface area (Å²) in [6.45, 7) is 9.09. The van der Waals surface area contributed by atoms with E-state index in [0.717, 1.165) is 68.3 Å². The lowest BCUT2D eigenvalue weighted by Crippen LogP contribution is -2.37. The molecule has 0 aliphatic rings. The van der Waals surface area contributed by atoms with Crippen molar-refractivity contribution >= 4 is 29.9 Å². The van der Waals surface area contributed by atoms with Gasteiger partial charge < -0.3 is 19.7 Å². The molecule has 7 nitrogen and oxygen atoms in total. The van der Waals surface area contributed by atoms with E-state index in [1.54, 1.807) is 16.7 Å². The summed E-state index contributed by atoms with van der Waals surface area (Å²) >= 11 is 0. The largest absolute Gasteiger partial charge is 0.361 e. The van der Waals surface area contributed by atoms with Crippen LogP contribution in [0.5, 0.6) is 0 Å². The Morgan fingerprint density at radius 1 is 1.18 bits per heavy atom. The highest BCUT2D eigenvalue weighted by atomic mass is 127. The molecule has 0 spiro atoms. The summed E-state index contributed by atoms with van der Waals surface area (Å²) in [5.74, 6) is 1.71. The molecule has 2 N–H and O–H groups in total. The van der Waals surface area contributed by atoms with Crippen molar-refractivity contribution in [3.8, 4) is 0 Å². The molecule has 2 rings (SSSR count). The van der Waals surface area contributed by atoms with Gasteiger partial charge in [-0.2, -0.15) is 0 Å². The molecule has 8 heteroatoms. The van der Waals surface area contributed by atoms with Gasteiger partial charge in [0.05, 0.1) is 12.2 Å². The van der Waals surface area contributed by atoms with Crippen LogP contribution in [0.15, 0.2) is 38.7 Å². The maximum absolute atomic E-state index is 11.7. The SMILES string of the molecule is CCNC(=NCc1c(CC)noc1CC)NCCCCn1ccccc1=O.I. The third-order valence-electron chi connectivity index (χ3n) is 4.36. The lowest BCUT2D eigenvalue weighted by molar-refractivity contribution is 0.380. The van der Waals surface area contributed by atoms with Crippen LogP contribution < -0.4 is 16.2 Å². The van der Waals surface area contributed by atoms with E-state index in [1.165, 1.54) is 0 Å². The van der Waals surface area contributed by atoms with Crippen molar-refractivity contribution in [2.75, 3.05) is 13.1 Å². The zero-order chi connectivity index (χ0) is 19.5. The molecule has 0 bridgehead atoms. The fourth-order valence-electron chi connectivity index (χ4n) is 2.88. The van der Waals surface area contributed by atoms with E-state index in [-0.39, 0.29) is 29.5 Å². The van der Waals surface area contributed by atoms with Crippen LogP contribution >= 0.6 is 24.0 Å². The van der Waals surface area contributed by atoms with Crippen LogP contribution in [0.3, 0.4) is 0 Å². The van der Waals surface area contributed by atoms with Gasteiger partial charge in [0.25, 0.3) is 0 Å². The highest BCUT2D eigenvalue weighted by Crippen LogP contribution is 2.16. The number of aromatic nitrogens is 2. The maximum Gasteiger partial charge on any atom is 0.250 e. The van der Waals surface area contributed by atoms with E-state index in [9.17, 15) is 4.79 Å². The predicted octanol–water partition coefficient (Wildman–Crippen LogP) is 3.11. The van der Waals surface area contributed by atoms with Gasteiger partial charge in [-0.1, -0.05) is 25.1 Å². The first kappa shape index (κ1) is 24.2. The van der Waals surface area contributed by atoms with Gasteiger partial charge in [0, 0.05) is 43.9 Å². The smallest absolute Gasteiger partial charge is 0.250 e. The molecule has 0 aliphatic carbocycles. The quantitative estimate of drug-likeness (QED) is 0.226. The second-order valence-corrected chi connectivity index (χ2v) is 6.30. The van der Waals surface area contributed by atoms with Crippen molar-refractivity contribution in [2.45, 2.75) is 59.5 Å². The van der Waals surface area contributed by atoms with Gasteiger partial charge in [0.15, 0.2) is 5.96 Å². The van der Waals surface area contributed by atoms with Gasteiger partial charge in [0.2, 0.25) is 5.56 Å². The van der Waals surface area contributed by atoms with Crippen LogP contribution in [-0.2, 0) is 25.9 Å². The van der Waals surface area contributed by atoms with E-state index < -0.39 is 0 Å². The highest BCUT2D eigenvalue weighted by Gasteiger charge is 2.12. The van der Waals surface area contributed by atoms with Gasteiger partial charge in [-0.25, -0.2) is 4.99 Å². The van der Waals surface area contributed by atoms with Crippen molar-refractivity contribution in [2.24, 2.45) is 4.99 Å². The van der Waals surface area contributed by atoms with Crippen LogP contribution in [0, 0.1) is 0 Å². The monoisotopic (exact) mass is 501 g/mol. The summed E-state index contributed by atoms with van der Waals surface area (Å²) in [5.41, 5.74) is 2.13. The molecule has 156 valence electrons. The Morgan fingerprint density at radius 3 is 2.68 bits per heavy atom. The Morgan fingerprint density at radius 2 is 2.00 bits per heavy atom. The Bertz CT molecular complexity index is 763. The van der Waals surface area contributed by atoms with Gasteiger partial charge in [-0.05, 0) is 32.3 Å². The molecule has 2 aromatic rings. The van der Waals surface area contributed by atoms with Crippen molar-refractivity contribution in [1.29, 1.82) is 0 Å². The van der Waals surface area contributed by atoms with E-state index in [1.807, 2.05) is 19.2 Å². The molecule has 28 heavy (non-hydrogen) atoms. The van der Waals surface area contributed by atoms with Crippen molar-refractivity contribution < 1.29 is 4.52 Å². The maximum atomic E-state index is 11.7. The number of halogens is 1. The minimum atomic E-state index is 0. The number of pyridine rings is 1. The molecule has 0 radical (unpaired) electrons. The lowest BCUT2D eigenvalue weighted by Gasteiger charge is -2.11. The first-order valence-electron chi connectivity index (χ1n) is 9.83. The number of hydrogen-bond acceptors (Lipinski definition) is 4. The van der Waals surface area contributed by atoms with Gasteiger partial charge in [-0.15, -0.1) is 24.0 Å². The molecule has 2 heterocycles. The van der Waals surface area contributed by atoms with E-state index in [0.29, 0.717) is 6.54 Å². The molecule has 0 fully saturated rings. The molecule has 0 saturated carbocycles. The predicted molar refractivity (Wildman–Crippen MR) is 123 cm³/mol. The second-order valence-electron chi connectivity index (χ2n) is 6.30. The molecule has 0 atom stereocenters. The minimum absolute atomic E-state index is 0. The average Bonchev–Trinajstić information content (AvgIpc) is 3.09. The van der Waals surface area contributed by atoms with Crippen LogP contribution in [0.2, 0.25) is 0 Å². The summed E-state index contributed by atoms with van der Waals surface area (Å²) in [4.78, 5) is 16.4. The molecule has 0 aromatic carbocycles. The fraction of sp³-hybridized carbons (Fsp3) is 0.550. The molecule has 0 saturated heterocycles. The number of aliphatic imine (C=N–C) groups is 1. The molecule has 0 unspecified atom stereocenters. The number of nitrogens with one attached hydrogen (secondary N) is 2. The Hall–Kier alpha value is -1.84. The Kier molecular flexibility index (Phi) is 11.5. The number of unbranched alkanes of at least 4 members (excludes halogenated alkanes) is 1. The van der Waals surface area contributed by atoms with Crippen LogP contribution in [0.1, 0.15) is 50.6 Å². The third-order valence-corrected chi connectivity index (χ3v) is 4.36. The van der Waals surface area contributed by atoms with Gasteiger partial charge in [-0.3, -0.25) is 4.79 Å². The van der Waals surface area contributed by atoms with E-state index in [4.69, 9.17) is 4.52 Å². The van der Waals surface area contributed by atoms with Crippen molar-refractivity contribution in [3.63, 3.8) is 0 Å². The zero-order valence-corrected chi connectivity index (χ0v) is 19.4. The molecular formula is C20H32IN5O2. The molecule has 0 amide bonds. The molecule has 2 aromatic heterocycles. The highest BCUT2D eigenvalue weighted by molar-refractivity contribution is 14.0. The normalized spacial score (nSPS) is 11.2. The van der Waals surface area contributed by atoms with Crippen molar-refractivity contribution in [1.82, 2.24) is 20.4 Å². The first-order valence-corrected chi connectivity index (χ1v) is 9.83. The molecule has 0 aliphatic heterocycles. The van der Waals surface area contributed by atoms with Gasteiger partial charge in [0.1, 0.15) is 5.76 Å². The average molecular weight is 501 g/mol. The number of rotatable bonds is 10. The zero-order valence-electron chi connectivity index (χ0n) is 17.0. The minimum Gasteiger partial charge on any atom is -0.361 e. The van der Waals surface area contributed by atoms with Crippen molar-refractivity contribution in [3.05, 3.63) is 51.8 Å². The summed E-state index contributed by atoms with van der Waals surface area (Å²) < 4.78 is 7.14. The third kappa shape index (κ3) is 7.29. The standard InChI is InChI=1S/C20H31N5O2.HI/c1-4-17-16(18(5-2)27-24-17)15-23-20(21-6-3)22-12-8-10-14-25-13-9-7-11-19(25)26;/h7,9,11,13H,4-6,8,10,12,14-15H2,1-3H3,(H2,21,22,23);1H. The Labute approximate surface area is 184 Å². The summed E-state index contributed by atoms with van der Waals surface area (Å²) in [6, 6.07) is 5.24. The summed E-state index contributed by atoms with van der Waals surface area (Å²) in [7, 11) is 0. The van der Waals surface area contributed by atoms with Gasteiger partial charge >= 0.3 is 0 Å². The molecular weight excluding hydrogens is 469 g/mol. The summed E-state index contributed by atoms with van der Waals surface area (Å²) in [6.07, 6.45) is 5.39. The van der Waals surface area contributed by atoms with Crippen LogP contribution in [-0.4, -0.2) is 28.8 Å². The number of hydrogen-bond donors (Lipinski definition) is 2. The Balaban J connectivity index is 0.00000392. The second kappa shape index (κ2) is 13.4. The van der Waals surface area contributed by atoms with E-state index in [2.05, 4.69) is 34.6 Å². The number of aryl methyl sites for hydroxylation is 3. The first-order chi connectivity index (χ1) is 13.2. The number of guanidine groups is 1. The summed E-state index contributed by atoms with van der Waals surface area (Å²) in [5, 5.41) is 10.8. The van der Waals surface area contributed by atoms with Crippen LogP contribution in [0.25, 0.3) is 0 Å². The fourth-order valence-corrected chi connectivity index (χ4v) is 2.88. The number of nitrogens with zero attached hydrogens (tertiary/aromatic N) is 3. The van der Waals surface area contributed by atoms with Crippen LogP contribution in [0.4, 0.5) is 0 Å².